The van der Waals surface area contributed by atoms with E-state index < -0.39 is 73.9 Å². The number of piperidine rings is 1. The van der Waals surface area contributed by atoms with Crippen LogP contribution in [0.3, 0.4) is 0 Å². The van der Waals surface area contributed by atoms with Gasteiger partial charge < -0.3 is 36.2 Å². The van der Waals surface area contributed by atoms with Gasteiger partial charge in [0.25, 0.3) is 36.3 Å². The Morgan fingerprint density at radius 2 is 1.24 bits per heavy atom. The third-order valence-corrected chi connectivity index (χ3v) is 24.8. The zero-order chi connectivity index (χ0) is 84.5. The number of esters is 1. The first-order chi connectivity index (χ1) is 54.7. The fourth-order valence-corrected chi connectivity index (χ4v) is 16.4. The number of pyridine rings is 3. The number of ketones is 3. The van der Waals surface area contributed by atoms with Crippen LogP contribution in [-0.4, -0.2) is 146 Å². The highest BCUT2D eigenvalue weighted by atomic mass is 127. The number of phenols is 1. The van der Waals surface area contributed by atoms with Crippen molar-refractivity contribution in [3.05, 3.63) is 238 Å². The topological polar surface area (TPSA) is 449 Å². The summed E-state index contributed by atoms with van der Waals surface area (Å²) in [6.07, 6.45) is 4.33. The maximum absolute atomic E-state index is 12.9. The number of alkyl halides is 2. The number of hydrogen-bond acceptors (Lipinski definition) is 25. The minimum atomic E-state index is -4.88. The van der Waals surface area contributed by atoms with E-state index in [0.29, 0.717) is 46.0 Å². The third-order valence-electron chi connectivity index (χ3n) is 17.9. The molecule has 29 nitrogen and oxygen atoms in total. The summed E-state index contributed by atoms with van der Waals surface area (Å²) in [5.41, 5.74) is 9.82. The highest BCUT2D eigenvalue weighted by Gasteiger charge is 2.55. The lowest BCUT2D eigenvalue weighted by atomic mass is 9.81. The average molecular weight is 1970 g/mol. The van der Waals surface area contributed by atoms with Crippen LogP contribution in [-0.2, 0) is 44.7 Å². The predicted octanol–water partition coefficient (Wildman–Crippen LogP) is 20.7. The number of phenolic OH excluding ortho intramolecular Hbond substituents is 1. The summed E-state index contributed by atoms with van der Waals surface area (Å²) in [6, 6.07) is 48.6. The number of carbonyl (C=O) groups is 5. The van der Waals surface area contributed by atoms with Crippen molar-refractivity contribution in [1.82, 2.24) is 20.0 Å². The smallest absolute Gasteiger partial charge is 0.325 e. The van der Waals surface area contributed by atoms with Gasteiger partial charge in [-0.2, -0.15) is 50.8 Å². The number of benzene rings is 9. The molecule has 9 aromatic carbocycles. The van der Waals surface area contributed by atoms with Gasteiger partial charge in [0.2, 0.25) is 0 Å². The van der Waals surface area contributed by atoms with E-state index in [4.69, 9.17) is 26.8 Å². The average Bonchev–Trinajstić information content (AvgIpc) is 0.752. The Bertz CT molecular complexity index is 6310. The van der Waals surface area contributed by atoms with Crippen LogP contribution >= 0.6 is 66.1 Å². The zero-order valence-electron chi connectivity index (χ0n) is 62.2. The van der Waals surface area contributed by atoms with Gasteiger partial charge in [0.05, 0.1) is 78.8 Å². The second-order valence-electron chi connectivity index (χ2n) is 26.7. The number of hydroxylamine groups is 2. The summed E-state index contributed by atoms with van der Waals surface area (Å²) in [6.45, 7) is 11.1. The van der Waals surface area contributed by atoms with E-state index in [0.717, 1.165) is 65.1 Å². The molecule has 0 saturated carbocycles. The first-order valence-electron chi connectivity index (χ1n) is 34.6. The first kappa shape index (κ1) is 101. The summed E-state index contributed by atoms with van der Waals surface area (Å²) in [4.78, 5) is 70.7. The number of anilines is 3. The number of aromatic hydroxyl groups is 1. The van der Waals surface area contributed by atoms with Crippen molar-refractivity contribution < 1.29 is 82.7 Å². The van der Waals surface area contributed by atoms with E-state index in [1.54, 1.807) is 75.0 Å². The SMILES string of the molecule is C.C.C.C.C.CC(=O)c1nccc2ccccc12.CC1(C)C(Br)C(=O)C(Br)C(C)(C)N1O.CCOC(=O)CNc1c2ccc(Cl)cc2nc2ccc(OC)cc12.Nc1cc(I)c2cccnc2c1O.O=C(Nc1ccc(N=Nc2ccc3cc(S(=O)(=O)O)cc(S(=O)(=O)O)c3c2)cc1)c1ccc(N=NC2C=C(S(=O)(=O)O)c3ccccc3C2=O)cc1. The van der Waals surface area contributed by atoms with Gasteiger partial charge in [0, 0.05) is 77.2 Å². The molecule has 1 aliphatic heterocycles. The van der Waals surface area contributed by atoms with Crippen LogP contribution in [0.1, 0.15) is 115 Å². The Kier molecular flexibility index (Phi) is 35.3. The third kappa shape index (κ3) is 24.0. The quantitative estimate of drug-likeness (QED) is 0.00544. The number of nitrogen functional groups attached to an aromatic ring is 1. The molecule has 14 rings (SSSR count). The molecule has 1 aliphatic carbocycles. The number of Topliss-reactive ketones (excluding diaryl/α,β-unsaturated/α-hetero) is 3. The van der Waals surface area contributed by atoms with Gasteiger partial charge in [0.1, 0.15) is 33.3 Å². The van der Waals surface area contributed by atoms with Crippen LogP contribution in [0.5, 0.6) is 11.5 Å². The van der Waals surface area contributed by atoms with Crippen LogP contribution in [0.15, 0.2) is 237 Å². The number of amides is 1. The van der Waals surface area contributed by atoms with E-state index in [1.165, 1.54) is 72.7 Å². The summed E-state index contributed by atoms with van der Waals surface area (Å²) in [7, 11) is -12.7. The molecule has 2 aliphatic rings. The van der Waals surface area contributed by atoms with Gasteiger partial charge >= 0.3 is 5.97 Å². The Labute approximate surface area is 737 Å². The first-order valence-corrected chi connectivity index (χ1v) is 42.2. The van der Waals surface area contributed by atoms with Crippen molar-refractivity contribution in [2.24, 2.45) is 20.5 Å². The maximum atomic E-state index is 12.9. The lowest BCUT2D eigenvalue weighted by Gasteiger charge is -2.52. The zero-order valence-corrected chi connectivity index (χ0v) is 70.7. The molecule has 4 heterocycles. The fraction of sp³-hybridized carbons (Fsp3) is 0.224. The number of fused-ring (bicyclic) bond motifs is 6. The molecule has 9 N–H and O–H groups in total. The standard InChI is InChI=1S/C33H23N5O11S3.C18H17ClN2O3.C11H9NO.C9H15Br2NO2.C9H7IN2O.5CH4/c39-32-27-4-2-1-3-26(27)31(52(47,48)49)18-29(32)38-36-22-8-5-19(6-9-22)33(40)34-21-11-13-23(14-12-21)35-37-24-10-7-20-15-25(50(41,42)43)17-30(28(20)16-24)51(44,45)46;1-3-24-17(22)10-20-18-13-6-4-11(19)8-16(13)21-15-7-5-12(23-2)9-14(15)18;1-8(13)11-10-5-3-2-4-9(10)6-7-12-11;1-8(2)6(10)5(13)7(11)9(3,4)12(8)14;10-6-4-7(11)9(13)8-5(6)2-1-3-12-8;;;;;/h1-18,29H,(H,34,40)(H,41,42,43)(H,44,45,46)(H,47,48,49);4-9H,3,10H2,1-2H3,(H,20,21);2-7H,1H3;6-7,14H,1-4H3;1-4,13H,11H2;5*1H4. The molecule has 1 fully saturated rings. The second kappa shape index (κ2) is 42.3. The number of methoxy groups -OCH3 is 1. The number of nitrogens with one attached hydrogen (secondary N) is 2. The Balaban J connectivity index is 0.000000309. The van der Waals surface area contributed by atoms with Crippen LogP contribution in [0.2, 0.25) is 5.02 Å². The van der Waals surface area contributed by atoms with E-state index in [9.17, 15) is 73.2 Å². The Morgan fingerprint density at radius 1 is 0.636 bits per heavy atom. The molecule has 1 saturated heterocycles. The second-order valence-corrected chi connectivity index (χ2v) is 34.3. The number of rotatable bonds is 15. The van der Waals surface area contributed by atoms with Gasteiger partial charge in [-0.3, -0.25) is 47.6 Å². The summed E-state index contributed by atoms with van der Waals surface area (Å²) in [5.74, 6) is -0.416. The minimum absolute atomic E-state index is 0. The number of halogens is 4. The number of aromatic nitrogens is 3. The van der Waals surface area contributed by atoms with E-state index in [2.05, 4.69) is 100 Å². The highest BCUT2D eigenvalue weighted by Crippen LogP contribution is 2.43. The van der Waals surface area contributed by atoms with Crippen molar-refractivity contribution in [3.8, 4) is 11.5 Å². The molecule has 121 heavy (non-hydrogen) atoms. The molecule has 0 bridgehead atoms. The highest BCUT2D eigenvalue weighted by molar-refractivity contribution is 14.1. The van der Waals surface area contributed by atoms with E-state index in [-0.39, 0.29) is 115 Å². The summed E-state index contributed by atoms with van der Waals surface area (Å²) >= 11 is 14.9. The normalized spacial score (nSPS) is 15.2. The molecule has 1 amide bonds. The Morgan fingerprint density at radius 3 is 1.86 bits per heavy atom. The number of hydrogen-bond donors (Lipinski definition) is 8. The molecule has 3 unspecified atom stereocenters. The van der Waals surface area contributed by atoms with Gasteiger partial charge in [-0.15, -0.1) is 0 Å². The van der Waals surface area contributed by atoms with Gasteiger partial charge in [0.15, 0.2) is 29.1 Å². The van der Waals surface area contributed by atoms with Crippen molar-refractivity contribution in [1.29, 1.82) is 0 Å². The summed E-state index contributed by atoms with van der Waals surface area (Å²) < 4.78 is 111. The molecule has 0 radical (unpaired) electrons. The number of azo groups is 2. The largest absolute Gasteiger partial charge is 0.504 e. The number of nitrogens with two attached hydrogens (primary N) is 1. The lowest BCUT2D eigenvalue weighted by Crippen LogP contribution is -2.69. The molecule has 640 valence electrons. The van der Waals surface area contributed by atoms with E-state index >= 15 is 0 Å². The number of carbonyl (C=O) groups excluding carboxylic acids is 5. The van der Waals surface area contributed by atoms with Crippen LogP contribution < -0.4 is 21.1 Å². The maximum Gasteiger partial charge on any atom is 0.325 e. The van der Waals surface area contributed by atoms with Gasteiger partial charge in [-0.25, -0.2) is 4.98 Å². The molecule has 3 atom stereocenters. The fourth-order valence-electron chi connectivity index (χ4n) is 12.1. The molecular formula is C85H91Br2ClIN11O18S3. The van der Waals surface area contributed by atoms with Crippen LogP contribution in [0.4, 0.5) is 34.1 Å². The number of ether oxygens (including phenoxy) is 2. The monoisotopic (exact) mass is 1970 g/mol. The van der Waals surface area contributed by atoms with Crippen LogP contribution in [0, 0.1) is 3.57 Å². The summed E-state index contributed by atoms with van der Waals surface area (Å²) in [5, 5.41) is 48.2. The minimum Gasteiger partial charge on any atom is -0.504 e. The van der Waals surface area contributed by atoms with Crippen molar-refractivity contribution >= 4 is 219 Å². The van der Waals surface area contributed by atoms with Crippen molar-refractivity contribution in [2.45, 2.75) is 115 Å². The van der Waals surface area contributed by atoms with Crippen molar-refractivity contribution in [3.63, 3.8) is 0 Å². The van der Waals surface area contributed by atoms with Gasteiger partial charge in [-0.1, -0.05) is 141 Å². The van der Waals surface area contributed by atoms with Crippen LogP contribution in [0.25, 0.3) is 59.2 Å². The molecule has 12 aromatic rings. The number of nitrogens with zero attached hydrogens (tertiary/aromatic N) is 8. The Hall–Kier alpha value is -10.6. The van der Waals surface area contributed by atoms with E-state index in [1.807, 2.05) is 94.4 Å². The molecular weight excluding hydrogens is 1880 g/mol. The molecule has 3 aromatic heterocycles. The molecule has 0 spiro atoms. The van der Waals surface area contributed by atoms with Crippen molar-refractivity contribution in [2.75, 3.05) is 36.6 Å². The van der Waals surface area contributed by atoms with Gasteiger partial charge in [-0.05, 0) is 201 Å². The predicted molar refractivity (Wildman–Crippen MR) is 491 cm³/mol. The lowest BCUT2D eigenvalue weighted by molar-refractivity contribution is -0.231. The molecule has 36 heteroatoms.